The zero-order valence-electron chi connectivity index (χ0n) is 18.0. The van der Waals surface area contributed by atoms with Gasteiger partial charge in [0.1, 0.15) is 0 Å². The highest BCUT2D eigenvalue weighted by Crippen LogP contribution is 2.14. The Morgan fingerprint density at radius 3 is 2.31 bits per heavy atom. The van der Waals surface area contributed by atoms with E-state index >= 15 is 0 Å². The molecule has 0 saturated heterocycles. The SMILES string of the molecule is CCOC(=O)c1[nH]n(-c2ccc(C(=O)O)cc2)c(=O)c1C=C=Cc1ccc(N(C)C)cc1. The first-order chi connectivity index (χ1) is 15.3. The van der Waals surface area contributed by atoms with E-state index in [1.54, 1.807) is 13.0 Å². The standard InChI is InChI=1S/C24H23N3O5/c1-4-32-24(31)21-20(7-5-6-16-8-12-18(13-9-16)26(2)3)22(28)27(25-21)19-14-10-17(11-15-19)23(29)30/h6-15,25H,4H2,1-3H3,(H,29,30). The quantitative estimate of drug-likeness (QED) is 0.437. The minimum atomic E-state index is -1.07. The Labute approximate surface area is 184 Å². The molecular formula is C24H23N3O5. The predicted octanol–water partition coefficient (Wildman–Crippen LogP) is 3.43. The predicted molar refractivity (Wildman–Crippen MR) is 123 cm³/mol. The molecule has 0 atom stereocenters. The smallest absolute Gasteiger partial charge is 0.357 e. The van der Waals surface area contributed by atoms with Gasteiger partial charge < -0.3 is 14.7 Å². The zero-order valence-corrected chi connectivity index (χ0v) is 18.0. The third kappa shape index (κ3) is 4.88. The molecule has 0 aliphatic carbocycles. The second kappa shape index (κ2) is 9.68. The van der Waals surface area contributed by atoms with Crippen LogP contribution in [0.25, 0.3) is 17.8 Å². The molecule has 0 radical (unpaired) electrons. The van der Waals surface area contributed by atoms with Gasteiger partial charge in [-0.1, -0.05) is 12.1 Å². The van der Waals surface area contributed by atoms with Gasteiger partial charge in [-0.25, -0.2) is 14.3 Å². The molecule has 2 N–H and O–H groups in total. The molecule has 0 amide bonds. The normalized spacial score (nSPS) is 10.2. The molecule has 2 aromatic carbocycles. The average molecular weight is 433 g/mol. The van der Waals surface area contributed by atoms with Crippen molar-refractivity contribution in [3.63, 3.8) is 0 Å². The van der Waals surface area contributed by atoms with Crippen molar-refractivity contribution in [2.24, 2.45) is 0 Å². The Morgan fingerprint density at radius 2 is 1.75 bits per heavy atom. The largest absolute Gasteiger partial charge is 0.478 e. The number of aromatic amines is 1. The lowest BCUT2D eigenvalue weighted by molar-refractivity contribution is 0.0518. The van der Waals surface area contributed by atoms with E-state index in [1.165, 1.54) is 30.3 Å². The van der Waals surface area contributed by atoms with E-state index in [-0.39, 0.29) is 23.4 Å². The van der Waals surface area contributed by atoms with E-state index in [9.17, 15) is 14.4 Å². The Hall–Kier alpha value is -4.29. The van der Waals surface area contributed by atoms with E-state index in [0.29, 0.717) is 5.69 Å². The summed E-state index contributed by atoms with van der Waals surface area (Å²) in [7, 11) is 3.90. The molecule has 0 saturated carbocycles. The van der Waals surface area contributed by atoms with Crippen molar-refractivity contribution in [1.82, 2.24) is 9.78 Å². The number of esters is 1. The summed E-state index contributed by atoms with van der Waals surface area (Å²) in [5.41, 5.74) is 4.95. The van der Waals surface area contributed by atoms with E-state index in [4.69, 9.17) is 9.84 Å². The number of hydrogen-bond donors (Lipinski definition) is 2. The van der Waals surface area contributed by atoms with Crippen LogP contribution >= 0.6 is 0 Å². The van der Waals surface area contributed by atoms with Crippen LogP contribution in [0.15, 0.2) is 59.1 Å². The average Bonchev–Trinajstić information content (AvgIpc) is 3.11. The van der Waals surface area contributed by atoms with E-state index in [0.717, 1.165) is 15.9 Å². The number of anilines is 1. The van der Waals surface area contributed by atoms with Gasteiger partial charge in [-0.05, 0) is 61.0 Å². The molecule has 0 spiro atoms. The van der Waals surface area contributed by atoms with Crippen LogP contribution in [0.3, 0.4) is 0 Å². The van der Waals surface area contributed by atoms with Crippen LogP contribution in [0.1, 0.15) is 38.9 Å². The summed E-state index contributed by atoms with van der Waals surface area (Å²) in [6.07, 6.45) is 3.12. The Bertz CT molecular complexity index is 1240. The van der Waals surface area contributed by atoms with Crippen LogP contribution in [-0.4, -0.2) is 47.5 Å². The minimum absolute atomic E-state index is 0.0111. The van der Waals surface area contributed by atoms with Crippen LogP contribution in [0.5, 0.6) is 0 Å². The first kappa shape index (κ1) is 22.4. The van der Waals surface area contributed by atoms with E-state index in [1.807, 2.05) is 43.3 Å². The summed E-state index contributed by atoms with van der Waals surface area (Å²) in [5, 5.41) is 11.8. The van der Waals surface area contributed by atoms with Crippen molar-refractivity contribution in [2.45, 2.75) is 6.92 Å². The zero-order chi connectivity index (χ0) is 23.3. The number of nitrogens with one attached hydrogen (secondary N) is 1. The third-order valence-corrected chi connectivity index (χ3v) is 4.67. The van der Waals surface area contributed by atoms with Gasteiger partial charge in [-0.3, -0.25) is 9.89 Å². The van der Waals surface area contributed by atoms with E-state index < -0.39 is 17.5 Å². The molecule has 0 fully saturated rings. The summed E-state index contributed by atoms with van der Waals surface area (Å²) in [4.78, 5) is 38.4. The van der Waals surface area contributed by atoms with Crippen molar-refractivity contribution in [1.29, 1.82) is 0 Å². The van der Waals surface area contributed by atoms with Gasteiger partial charge in [0.05, 0.1) is 23.4 Å². The van der Waals surface area contributed by atoms with E-state index in [2.05, 4.69) is 10.8 Å². The van der Waals surface area contributed by atoms with Gasteiger partial charge in [-0.15, -0.1) is 5.73 Å². The van der Waals surface area contributed by atoms with Crippen molar-refractivity contribution in [3.8, 4) is 5.69 Å². The number of benzene rings is 2. The van der Waals surface area contributed by atoms with Crippen molar-refractivity contribution in [3.05, 3.63) is 87.0 Å². The molecule has 32 heavy (non-hydrogen) atoms. The first-order valence-corrected chi connectivity index (χ1v) is 9.87. The Morgan fingerprint density at radius 1 is 1.09 bits per heavy atom. The highest BCUT2D eigenvalue weighted by molar-refractivity contribution is 5.91. The number of H-pyrrole nitrogens is 1. The number of carboxylic acids is 1. The summed E-state index contributed by atoms with van der Waals surface area (Å²) in [5.74, 6) is -1.75. The summed E-state index contributed by atoms with van der Waals surface area (Å²) in [6.45, 7) is 1.82. The second-order valence-electron chi connectivity index (χ2n) is 7.05. The first-order valence-electron chi connectivity index (χ1n) is 9.87. The molecule has 3 aromatic rings. The van der Waals surface area contributed by atoms with Gasteiger partial charge in [0.25, 0.3) is 5.56 Å². The van der Waals surface area contributed by atoms with Gasteiger partial charge in [-0.2, -0.15) is 0 Å². The maximum absolute atomic E-state index is 13.0. The fourth-order valence-electron chi connectivity index (χ4n) is 2.97. The number of nitrogens with zero attached hydrogens (tertiary/aromatic N) is 2. The van der Waals surface area contributed by atoms with Crippen LogP contribution in [0.2, 0.25) is 0 Å². The molecular weight excluding hydrogens is 410 g/mol. The number of aromatic nitrogens is 2. The Balaban J connectivity index is 2.01. The number of rotatable bonds is 7. The molecule has 1 aromatic heterocycles. The summed E-state index contributed by atoms with van der Waals surface area (Å²) < 4.78 is 6.22. The minimum Gasteiger partial charge on any atom is -0.478 e. The molecule has 164 valence electrons. The second-order valence-corrected chi connectivity index (χ2v) is 7.05. The van der Waals surface area contributed by atoms with Gasteiger partial charge in [0.15, 0.2) is 5.69 Å². The topological polar surface area (TPSA) is 105 Å². The molecule has 0 unspecified atom stereocenters. The van der Waals surface area contributed by atoms with Crippen molar-refractivity contribution >= 4 is 29.8 Å². The number of hydrogen-bond acceptors (Lipinski definition) is 5. The van der Waals surface area contributed by atoms with Crippen LogP contribution in [0.4, 0.5) is 5.69 Å². The molecule has 0 aliphatic heterocycles. The highest BCUT2D eigenvalue weighted by Gasteiger charge is 2.20. The van der Waals surface area contributed by atoms with Crippen molar-refractivity contribution < 1.29 is 19.4 Å². The number of ether oxygens (including phenoxy) is 1. The Kier molecular flexibility index (Phi) is 6.77. The fraction of sp³-hybridized carbons (Fsp3) is 0.167. The number of carbonyl (C=O) groups excluding carboxylic acids is 1. The molecule has 8 heteroatoms. The highest BCUT2D eigenvalue weighted by atomic mass is 16.5. The lowest BCUT2D eigenvalue weighted by atomic mass is 10.2. The van der Waals surface area contributed by atoms with Gasteiger partial charge >= 0.3 is 11.9 Å². The lowest BCUT2D eigenvalue weighted by Gasteiger charge is -2.11. The molecule has 0 aliphatic rings. The molecule has 3 rings (SSSR count). The fourth-order valence-corrected chi connectivity index (χ4v) is 2.97. The van der Waals surface area contributed by atoms with Crippen molar-refractivity contribution in [2.75, 3.05) is 25.6 Å². The maximum atomic E-state index is 13.0. The number of carbonyl (C=O) groups is 2. The molecule has 0 bridgehead atoms. The number of aromatic carboxylic acids is 1. The summed E-state index contributed by atoms with van der Waals surface area (Å²) >= 11 is 0. The summed E-state index contributed by atoms with van der Waals surface area (Å²) in [6, 6.07) is 13.5. The van der Waals surface area contributed by atoms with Crippen LogP contribution < -0.4 is 10.5 Å². The third-order valence-electron chi connectivity index (χ3n) is 4.67. The van der Waals surface area contributed by atoms with Gasteiger partial charge in [0, 0.05) is 19.8 Å². The maximum Gasteiger partial charge on any atom is 0.357 e. The van der Waals surface area contributed by atoms with Crippen LogP contribution in [0, 0.1) is 0 Å². The van der Waals surface area contributed by atoms with Gasteiger partial charge in [0.2, 0.25) is 0 Å². The van der Waals surface area contributed by atoms with Crippen LogP contribution in [-0.2, 0) is 4.74 Å². The lowest BCUT2D eigenvalue weighted by Crippen LogP contribution is -2.16. The number of carboxylic acid groups (broad SMARTS) is 1. The molecule has 8 nitrogen and oxygen atoms in total. The molecule has 1 heterocycles. The monoisotopic (exact) mass is 433 g/mol.